The quantitative estimate of drug-likeness (QED) is 0.128. The number of allylic oxidation sites excluding steroid dienone is 2. The summed E-state index contributed by atoms with van der Waals surface area (Å²) in [5.41, 5.74) is -0.502. The second kappa shape index (κ2) is 23.0. The van der Waals surface area contributed by atoms with Crippen LogP contribution >= 0.6 is 11.6 Å². The highest BCUT2D eigenvalue weighted by molar-refractivity contribution is 6.33. The minimum Gasteiger partial charge on any atom is -0.481 e. The molecule has 3 aromatic rings. The molecule has 3 aliphatic heterocycles. The molecule has 7 fully saturated rings. The number of benzene rings is 1. The van der Waals surface area contributed by atoms with E-state index in [1.54, 1.807) is 13.4 Å². The molecule has 25 heteroatoms. The van der Waals surface area contributed by atoms with E-state index < -0.39 is 107 Å². The van der Waals surface area contributed by atoms with Crippen LogP contribution in [0.15, 0.2) is 51.8 Å². The third-order valence-electron chi connectivity index (χ3n) is 22.7. The summed E-state index contributed by atoms with van der Waals surface area (Å²) < 4.78 is 27.8. The van der Waals surface area contributed by atoms with Crippen LogP contribution in [0.25, 0.3) is 11.2 Å². The Kier molecular flexibility index (Phi) is 17.1. The molecule has 86 heavy (non-hydrogen) atoms. The number of aromatic nitrogens is 4. The third kappa shape index (κ3) is 10.5. The first-order valence-electron chi connectivity index (χ1n) is 30.0. The number of ether oxygens (including phenoxy) is 4. The van der Waals surface area contributed by atoms with Gasteiger partial charge in [0.25, 0.3) is 5.56 Å². The first-order valence-corrected chi connectivity index (χ1v) is 30.4. The molecule has 19 atom stereocenters. The van der Waals surface area contributed by atoms with Gasteiger partial charge >= 0.3 is 23.6 Å². The molecule has 0 spiro atoms. The number of hydrogen-bond donors (Lipinski definition) is 8. The number of ketones is 1. The number of fused-ring (bicyclic) bond motifs is 8. The molecule has 4 saturated carbocycles. The number of aryl methyl sites for hydroxylation is 1. The van der Waals surface area contributed by atoms with Crippen LogP contribution in [0.4, 0.5) is 5.69 Å². The number of carboxylic acids is 3. The maximum absolute atomic E-state index is 14.8. The average Bonchev–Trinajstić information content (AvgIpc) is 1.07. The Morgan fingerprint density at radius 1 is 0.721 bits per heavy atom. The van der Waals surface area contributed by atoms with Gasteiger partial charge in [-0.2, -0.15) is 0 Å². The summed E-state index contributed by atoms with van der Waals surface area (Å²) in [7, 11) is 3.13. The third-order valence-corrected chi connectivity index (χ3v) is 23.0. The number of imidazole rings is 1. The van der Waals surface area contributed by atoms with Crippen molar-refractivity contribution in [1.29, 1.82) is 0 Å². The number of carbonyl (C=O) groups is 4. The molecule has 0 unspecified atom stereocenters. The van der Waals surface area contributed by atoms with Crippen LogP contribution in [0, 0.1) is 50.2 Å². The Bertz CT molecular complexity index is 3290. The number of carbonyl (C=O) groups excluding carboxylic acids is 1. The van der Waals surface area contributed by atoms with Crippen LogP contribution in [0.3, 0.4) is 0 Å². The molecule has 0 bridgehead atoms. The van der Waals surface area contributed by atoms with Crippen molar-refractivity contribution in [2.24, 2.45) is 64.3 Å². The lowest BCUT2D eigenvalue weighted by Crippen LogP contribution is -2.68. The number of anilines is 1. The number of piperazine rings is 1. The number of carboxylic acid groups (broad SMARTS) is 3. The molecule has 11 rings (SSSR count). The zero-order valence-electron chi connectivity index (χ0n) is 50.4. The van der Waals surface area contributed by atoms with Gasteiger partial charge in [-0.15, -0.1) is 0 Å². The Morgan fingerprint density at radius 2 is 1.35 bits per heavy atom. The highest BCUT2D eigenvalue weighted by Crippen LogP contribution is 2.75. The maximum Gasteiger partial charge on any atom is 0.335 e. The van der Waals surface area contributed by atoms with E-state index in [0.29, 0.717) is 43.4 Å². The molecule has 3 saturated heterocycles. The molecular weight excluding hydrogens is 1140 g/mol. The zero-order valence-corrected chi connectivity index (χ0v) is 51.1. The van der Waals surface area contributed by atoms with E-state index >= 15 is 0 Å². The van der Waals surface area contributed by atoms with Gasteiger partial charge in [-0.25, -0.2) is 19.4 Å². The summed E-state index contributed by atoms with van der Waals surface area (Å²) in [4.78, 5) is 84.8. The Hall–Kier alpha value is -5.12. The summed E-state index contributed by atoms with van der Waals surface area (Å²) in [6.07, 6.45) is -10.6. The van der Waals surface area contributed by atoms with Gasteiger partial charge in [-0.3, -0.25) is 28.4 Å². The average molecular weight is 1230 g/mol. The fourth-order valence-electron chi connectivity index (χ4n) is 17.1. The minimum absolute atomic E-state index is 0.0217. The summed E-state index contributed by atoms with van der Waals surface area (Å²) >= 11 is 6.31. The van der Waals surface area contributed by atoms with Gasteiger partial charge in [-0.05, 0) is 122 Å². The van der Waals surface area contributed by atoms with Crippen LogP contribution in [-0.2, 0) is 58.8 Å². The largest absolute Gasteiger partial charge is 0.481 e. The maximum atomic E-state index is 14.8. The van der Waals surface area contributed by atoms with E-state index in [9.17, 15) is 69.6 Å². The number of aliphatic hydroxyl groups excluding tert-OH is 5. The molecule has 474 valence electrons. The van der Waals surface area contributed by atoms with Crippen molar-refractivity contribution in [3.8, 4) is 0 Å². The van der Waals surface area contributed by atoms with Crippen molar-refractivity contribution >= 4 is 52.1 Å². The van der Waals surface area contributed by atoms with Crippen molar-refractivity contribution in [3.63, 3.8) is 0 Å². The predicted octanol–water partition coefficient (Wildman–Crippen LogP) is 3.15. The van der Waals surface area contributed by atoms with Gasteiger partial charge in [-0.1, -0.05) is 70.8 Å². The topological polar surface area (TPSA) is 335 Å². The molecule has 2 aromatic heterocycles. The molecule has 5 heterocycles. The number of rotatable bonds is 11. The number of halogens is 1. The van der Waals surface area contributed by atoms with Gasteiger partial charge < -0.3 is 69.3 Å². The molecule has 0 radical (unpaired) electrons. The number of para-hydroxylation sites is 1. The zero-order chi connectivity index (χ0) is 62.7. The fourth-order valence-corrected chi connectivity index (χ4v) is 17.4. The van der Waals surface area contributed by atoms with E-state index in [1.807, 2.05) is 49.6 Å². The number of aliphatic carboxylic acids is 3. The second-order valence-electron chi connectivity index (χ2n) is 27.7. The van der Waals surface area contributed by atoms with Crippen LogP contribution in [0.1, 0.15) is 106 Å². The van der Waals surface area contributed by atoms with Gasteiger partial charge in [0.05, 0.1) is 28.6 Å². The molecule has 8 N–H and O–H groups in total. The monoisotopic (exact) mass is 1220 g/mol. The summed E-state index contributed by atoms with van der Waals surface area (Å²) in [5, 5.41) is 83.8. The Morgan fingerprint density at radius 3 is 1.99 bits per heavy atom. The van der Waals surface area contributed by atoms with E-state index in [1.165, 1.54) is 11.6 Å². The van der Waals surface area contributed by atoms with Crippen molar-refractivity contribution in [2.45, 2.75) is 180 Å². The summed E-state index contributed by atoms with van der Waals surface area (Å²) in [5.74, 6) is -4.47. The van der Waals surface area contributed by atoms with E-state index in [4.69, 9.17) is 30.5 Å². The highest BCUT2D eigenvalue weighted by Gasteiger charge is 2.71. The van der Waals surface area contributed by atoms with E-state index in [2.05, 4.69) is 48.5 Å². The molecule has 0 amide bonds. The van der Waals surface area contributed by atoms with Crippen molar-refractivity contribution in [1.82, 2.24) is 23.6 Å². The fraction of sp³-hybridized carbons (Fsp3) is 0.721. The van der Waals surface area contributed by atoms with Crippen molar-refractivity contribution in [2.75, 3.05) is 37.6 Å². The van der Waals surface area contributed by atoms with Crippen LogP contribution in [0.5, 0.6) is 0 Å². The first kappa shape index (κ1) is 63.9. The van der Waals surface area contributed by atoms with E-state index in [0.717, 1.165) is 85.7 Å². The SMILES string of the molecule is CC1(C)[C@@H](O[C@H]2O[C@H](C(=O)O)[C@@H](O)[C@H](O)[C@H]2O[C@@H]2O[C@H](C(=O)O)[C@@H](O)[C@H](O)[C@H]2O)CC[C@]2(C)[C@H]3C(=O)C=C4[C@@H]5C[C@@](C)(C(=O)O)CC[C@]5(C)CC[C@@]4(C)[C@]3(C)CC[C@@H]12.Cn1c(=O)c2c(ncn2CCN2CCN(c3ccccc3Cl)CC2)n(C)c1=O. The van der Waals surface area contributed by atoms with Crippen LogP contribution in [-0.4, -0.2) is 188 Å². The lowest BCUT2D eigenvalue weighted by atomic mass is 9.33. The number of nitrogens with zero attached hydrogens (tertiary/aromatic N) is 6. The molecule has 5 aliphatic carbocycles. The van der Waals surface area contributed by atoms with Gasteiger partial charge in [0, 0.05) is 59.3 Å². The van der Waals surface area contributed by atoms with Gasteiger partial charge in [0.1, 0.15) is 36.6 Å². The van der Waals surface area contributed by atoms with Crippen LogP contribution in [0.2, 0.25) is 5.02 Å². The van der Waals surface area contributed by atoms with Crippen LogP contribution < -0.4 is 16.1 Å². The number of aliphatic hydroxyl groups is 5. The normalized spacial score (nSPS) is 40.5. The summed E-state index contributed by atoms with van der Waals surface area (Å²) in [6.45, 7) is 20.0. The standard InChI is InChI=1S/C42H62O16.C19H23ClN6O2/c1-37(2)21-8-11-42(7)31(20(43)16-18-19-17-39(4,36(53)54)13-12-38(19,3)14-15-41(18,42)6)40(21,5)10-9-22(37)55-35-30(26(47)25(46)29(57-35)33(51)52)58-34-27(48)23(44)24(45)28(56-34)32(49)50;1-22-17-16(18(27)23(2)19(22)28)26(13-21-17)12-9-24-7-10-25(11-8-24)15-6-4-3-5-14(15)20/h16,19,21-31,34-35,44-48H,8-15,17H2,1-7H3,(H,49,50)(H,51,52)(H,53,54);3-6,13H,7-12H2,1-2H3/t19-,21-,22-,23-,24-,25-,26-,27+,28-,29-,30+,31+,34-,35-,38+,39-,40-,41+,42+;/m0./s1. The highest BCUT2D eigenvalue weighted by atomic mass is 35.5. The van der Waals surface area contributed by atoms with Gasteiger partial charge in [0.15, 0.2) is 41.7 Å². The van der Waals surface area contributed by atoms with E-state index in [-0.39, 0.29) is 45.6 Å². The molecule has 1 aromatic carbocycles. The van der Waals surface area contributed by atoms with Crippen molar-refractivity contribution in [3.05, 3.63) is 68.1 Å². The molecule has 8 aliphatic rings. The Labute approximate surface area is 503 Å². The lowest BCUT2D eigenvalue weighted by molar-refractivity contribution is -0.371. The van der Waals surface area contributed by atoms with Crippen molar-refractivity contribution < 1.29 is 79.0 Å². The lowest BCUT2D eigenvalue weighted by Gasteiger charge is -2.70. The minimum atomic E-state index is -2.05. The summed E-state index contributed by atoms with van der Waals surface area (Å²) in [6, 6.07) is 7.92. The first-order chi connectivity index (χ1) is 40.2. The molecular formula is C61H85ClN6O18. The number of hydrogen-bond acceptors (Lipinski definition) is 18. The smallest absolute Gasteiger partial charge is 0.335 e. The Balaban J connectivity index is 0.000000244. The second-order valence-corrected chi connectivity index (χ2v) is 28.1. The van der Waals surface area contributed by atoms with Gasteiger partial charge in [0.2, 0.25) is 0 Å². The predicted molar refractivity (Wildman–Crippen MR) is 310 cm³/mol. The molecule has 24 nitrogen and oxygen atoms in total.